The van der Waals surface area contributed by atoms with Gasteiger partial charge in [-0.1, -0.05) is 6.07 Å². The molecule has 0 heterocycles. The van der Waals surface area contributed by atoms with E-state index in [0.717, 1.165) is 6.07 Å². The van der Waals surface area contributed by atoms with Gasteiger partial charge < -0.3 is 9.84 Å². The second-order valence-electron chi connectivity index (χ2n) is 3.77. The quantitative estimate of drug-likeness (QED) is 0.862. The number of nitriles is 1. The highest BCUT2D eigenvalue weighted by Crippen LogP contribution is 2.26. The number of ether oxygens (including phenoxy) is 1. The number of hydrogen-bond donors (Lipinski definition) is 1. The van der Waals surface area contributed by atoms with E-state index in [1.807, 2.05) is 0 Å². The molecular formula is C14H9F2NO2. The van der Waals surface area contributed by atoms with Crippen LogP contribution in [-0.4, -0.2) is 5.11 Å². The minimum absolute atomic E-state index is 0.184. The van der Waals surface area contributed by atoms with Crippen LogP contribution in [0.25, 0.3) is 0 Å². The van der Waals surface area contributed by atoms with Gasteiger partial charge in [0.15, 0.2) is 6.10 Å². The Morgan fingerprint density at radius 3 is 2.53 bits per heavy atom. The molecule has 0 saturated carbocycles. The van der Waals surface area contributed by atoms with Gasteiger partial charge in [-0.05, 0) is 30.3 Å². The van der Waals surface area contributed by atoms with Crippen molar-refractivity contribution < 1.29 is 18.6 Å². The van der Waals surface area contributed by atoms with E-state index < -0.39 is 17.7 Å². The van der Waals surface area contributed by atoms with Crippen molar-refractivity contribution in [2.45, 2.75) is 6.10 Å². The first kappa shape index (κ1) is 13.0. The van der Waals surface area contributed by atoms with Gasteiger partial charge in [0.2, 0.25) is 0 Å². The Balaban J connectivity index is 2.29. The van der Waals surface area contributed by atoms with Crippen LogP contribution in [0, 0.1) is 23.0 Å². The standard InChI is InChI=1S/C14H9F2NO2/c15-9-2-1-3-10(6-9)19-11-4-5-13(16)12(7-11)14(18)8-17/h1-7,14,18H. The number of nitrogens with zero attached hydrogens (tertiary/aromatic N) is 1. The average Bonchev–Trinajstić information content (AvgIpc) is 2.40. The number of rotatable bonds is 3. The summed E-state index contributed by atoms with van der Waals surface area (Å²) in [4.78, 5) is 0. The first-order valence-corrected chi connectivity index (χ1v) is 5.40. The Morgan fingerprint density at radius 2 is 1.84 bits per heavy atom. The molecule has 0 spiro atoms. The van der Waals surface area contributed by atoms with E-state index in [4.69, 9.17) is 10.00 Å². The van der Waals surface area contributed by atoms with E-state index >= 15 is 0 Å². The second-order valence-corrected chi connectivity index (χ2v) is 3.77. The topological polar surface area (TPSA) is 53.2 Å². The van der Waals surface area contributed by atoms with E-state index in [1.165, 1.54) is 42.5 Å². The van der Waals surface area contributed by atoms with Crippen LogP contribution in [0.1, 0.15) is 11.7 Å². The maximum atomic E-state index is 13.4. The van der Waals surface area contributed by atoms with Crippen molar-refractivity contribution in [3.8, 4) is 17.6 Å². The van der Waals surface area contributed by atoms with Crippen molar-refractivity contribution in [1.29, 1.82) is 5.26 Å². The van der Waals surface area contributed by atoms with Crippen LogP contribution in [-0.2, 0) is 0 Å². The lowest BCUT2D eigenvalue weighted by Crippen LogP contribution is -1.98. The summed E-state index contributed by atoms with van der Waals surface area (Å²) >= 11 is 0. The molecule has 2 aromatic rings. The van der Waals surface area contributed by atoms with Crippen LogP contribution < -0.4 is 4.74 Å². The Bertz CT molecular complexity index is 638. The van der Waals surface area contributed by atoms with Crippen LogP contribution in [0.5, 0.6) is 11.5 Å². The zero-order chi connectivity index (χ0) is 13.8. The molecule has 1 unspecified atom stereocenters. The average molecular weight is 261 g/mol. The van der Waals surface area contributed by atoms with Gasteiger partial charge in [-0.25, -0.2) is 8.78 Å². The van der Waals surface area contributed by atoms with Crippen LogP contribution in [0.2, 0.25) is 0 Å². The number of benzene rings is 2. The summed E-state index contributed by atoms with van der Waals surface area (Å²) < 4.78 is 31.7. The second kappa shape index (κ2) is 5.46. The van der Waals surface area contributed by atoms with Crippen molar-refractivity contribution in [2.75, 3.05) is 0 Å². The molecule has 96 valence electrons. The van der Waals surface area contributed by atoms with E-state index in [2.05, 4.69) is 0 Å². The first-order valence-electron chi connectivity index (χ1n) is 5.40. The maximum Gasteiger partial charge on any atom is 0.168 e. The Morgan fingerprint density at radius 1 is 1.11 bits per heavy atom. The van der Waals surface area contributed by atoms with Gasteiger partial charge in [0.1, 0.15) is 23.1 Å². The first-order chi connectivity index (χ1) is 9.10. The van der Waals surface area contributed by atoms with Crippen molar-refractivity contribution in [3.63, 3.8) is 0 Å². The molecule has 2 rings (SSSR count). The molecule has 0 aliphatic rings. The molecule has 0 saturated heterocycles. The monoisotopic (exact) mass is 261 g/mol. The molecular weight excluding hydrogens is 252 g/mol. The number of hydrogen-bond acceptors (Lipinski definition) is 3. The smallest absolute Gasteiger partial charge is 0.168 e. The lowest BCUT2D eigenvalue weighted by Gasteiger charge is -2.09. The van der Waals surface area contributed by atoms with Gasteiger partial charge in [-0.3, -0.25) is 0 Å². The number of aliphatic hydroxyl groups is 1. The van der Waals surface area contributed by atoms with E-state index in [0.29, 0.717) is 0 Å². The SMILES string of the molecule is N#CC(O)c1cc(Oc2cccc(F)c2)ccc1F. The maximum absolute atomic E-state index is 13.4. The molecule has 0 aromatic heterocycles. The van der Waals surface area contributed by atoms with Gasteiger partial charge in [0.25, 0.3) is 0 Å². The van der Waals surface area contributed by atoms with E-state index in [9.17, 15) is 13.9 Å². The van der Waals surface area contributed by atoms with Gasteiger partial charge in [-0.15, -0.1) is 0 Å². The highest BCUT2D eigenvalue weighted by atomic mass is 19.1. The summed E-state index contributed by atoms with van der Waals surface area (Å²) in [7, 11) is 0. The van der Waals surface area contributed by atoms with Crippen LogP contribution in [0.3, 0.4) is 0 Å². The third kappa shape index (κ3) is 3.06. The minimum atomic E-state index is -1.57. The summed E-state index contributed by atoms with van der Waals surface area (Å²) in [6.45, 7) is 0. The van der Waals surface area contributed by atoms with Crippen LogP contribution >= 0.6 is 0 Å². The molecule has 0 fully saturated rings. The molecule has 0 aliphatic heterocycles. The van der Waals surface area contributed by atoms with Gasteiger partial charge >= 0.3 is 0 Å². The molecule has 5 heteroatoms. The Hall–Kier alpha value is -2.45. The Labute approximate surface area is 108 Å². The molecule has 0 bridgehead atoms. The van der Waals surface area contributed by atoms with Gasteiger partial charge in [0, 0.05) is 11.6 Å². The van der Waals surface area contributed by atoms with Gasteiger partial charge in [-0.2, -0.15) is 5.26 Å². The van der Waals surface area contributed by atoms with E-state index in [-0.39, 0.29) is 17.1 Å². The summed E-state index contributed by atoms with van der Waals surface area (Å²) in [6.07, 6.45) is -1.57. The molecule has 19 heavy (non-hydrogen) atoms. The third-order valence-electron chi connectivity index (χ3n) is 2.42. The molecule has 0 aliphatic carbocycles. The van der Waals surface area contributed by atoms with Crippen molar-refractivity contribution in [3.05, 3.63) is 59.7 Å². The van der Waals surface area contributed by atoms with Gasteiger partial charge in [0.05, 0.1) is 6.07 Å². The predicted octanol–water partition coefficient (Wildman–Crippen LogP) is 3.31. The van der Waals surface area contributed by atoms with Crippen molar-refractivity contribution >= 4 is 0 Å². The van der Waals surface area contributed by atoms with Crippen LogP contribution in [0.4, 0.5) is 8.78 Å². The highest BCUT2D eigenvalue weighted by Gasteiger charge is 2.13. The molecule has 1 N–H and O–H groups in total. The number of aliphatic hydroxyl groups excluding tert-OH is 1. The fraction of sp³-hybridized carbons (Fsp3) is 0.0714. The zero-order valence-electron chi connectivity index (χ0n) is 9.68. The largest absolute Gasteiger partial charge is 0.457 e. The Kier molecular flexibility index (Phi) is 3.74. The summed E-state index contributed by atoms with van der Waals surface area (Å²) in [6, 6.07) is 10.6. The fourth-order valence-corrected chi connectivity index (χ4v) is 1.53. The molecule has 1 atom stereocenters. The lowest BCUT2D eigenvalue weighted by atomic mass is 10.1. The minimum Gasteiger partial charge on any atom is -0.457 e. The molecule has 0 radical (unpaired) electrons. The van der Waals surface area contributed by atoms with Crippen molar-refractivity contribution in [2.24, 2.45) is 0 Å². The van der Waals surface area contributed by atoms with Crippen molar-refractivity contribution in [1.82, 2.24) is 0 Å². The number of halogens is 2. The fourth-order valence-electron chi connectivity index (χ4n) is 1.53. The zero-order valence-corrected chi connectivity index (χ0v) is 9.68. The summed E-state index contributed by atoms with van der Waals surface area (Å²) in [5, 5.41) is 17.9. The van der Waals surface area contributed by atoms with E-state index in [1.54, 1.807) is 0 Å². The normalized spacial score (nSPS) is 11.7. The third-order valence-corrected chi connectivity index (χ3v) is 2.42. The van der Waals surface area contributed by atoms with Crippen LogP contribution in [0.15, 0.2) is 42.5 Å². The lowest BCUT2D eigenvalue weighted by molar-refractivity contribution is 0.230. The molecule has 2 aromatic carbocycles. The summed E-state index contributed by atoms with van der Waals surface area (Å²) in [5.41, 5.74) is -0.184. The predicted molar refractivity (Wildman–Crippen MR) is 63.4 cm³/mol. The molecule has 3 nitrogen and oxygen atoms in total. The summed E-state index contributed by atoms with van der Waals surface area (Å²) in [5.74, 6) is -0.724. The molecule has 0 amide bonds. The highest BCUT2D eigenvalue weighted by molar-refractivity contribution is 5.36.